The van der Waals surface area contributed by atoms with E-state index in [0.717, 1.165) is 42.5 Å². The molecule has 0 radical (unpaired) electrons. The van der Waals surface area contributed by atoms with Crippen molar-refractivity contribution in [1.82, 2.24) is 24.8 Å². The van der Waals surface area contributed by atoms with E-state index in [0.29, 0.717) is 6.04 Å². The Balaban J connectivity index is 1.53. The Hall–Kier alpha value is -2.73. The fourth-order valence-corrected chi connectivity index (χ4v) is 3.43. The van der Waals surface area contributed by atoms with Crippen LogP contribution < -0.4 is 5.32 Å². The topological polar surface area (TPSA) is 69.7 Å². The van der Waals surface area contributed by atoms with E-state index in [1.165, 1.54) is 12.0 Å². The van der Waals surface area contributed by atoms with Crippen molar-refractivity contribution >= 4 is 11.6 Å². The number of pyridine rings is 2. The summed E-state index contributed by atoms with van der Waals surface area (Å²) >= 11 is 0. The molecule has 1 atom stereocenters. The number of imidazole rings is 1. The van der Waals surface area contributed by atoms with Crippen molar-refractivity contribution in [1.29, 1.82) is 0 Å². The maximum atomic E-state index is 4.46. The highest BCUT2D eigenvalue weighted by atomic mass is 15.2. The van der Waals surface area contributed by atoms with Crippen LogP contribution in [0.4, 0.5) is 11.6 Å². The molecule has 3 aromatic heterocycles. The number of aromatic nitrogens is 4. The minimum atomic E-state index is 0.401. The van der Waals surface area contributed by atoms with Gasteiger partial charge in [0.25, 0.3) is 0 Å². The summed E-state index contributed by atoms with van der Waals surface area (Å²) in [4.78, 5) is 18.9. The first-order chi connectivity index (χ1) is 12.3. The number of hydrogen-bond acceptors (Lipinski definition) is 5. The third-order valence-electron chi connectivity index (χ3n) is 4.70. The summed E-state index contributed by atoms with van der Waals surface area (Å²) < 4.78 is 0. The summed E-state index contributed by atoms with van der Waals surface area (Å²) in [6.07, 6.45) is 9.72. The number of aromatic amines is 1. The molecule has 0 bridgehead atoms. The minimum absolute atomic E-state index is 0.401. The minimum Gasteiger partial charge on any atom is -0.348 e. The molecule has 1 fully saturated rings. The van der Waals surface area contributed by atoms with E-state index in [2.05, 4.69) is 42.3 Å². The fourth-order valence-electron chi connectivity index (χ4n) is 3.43. The molecule has 0 aliphatic carbocycles. The van der Waals surface area contributed by atoms with Crippen LogP contribution in [0.2, 0.25) is 0 Å². The molecule has 3 aromatic rings. The molecule has 0 aromatic carbocycles. The summed E-state index contributed by atoms with van der Waals surface area (Å²) in [7, 11) is 0. The average molecular weight is 334 g/mol. The molecule has 128 valence electrons. The lowest BCUT2D eigenvalue weighted by Gasteiger charge is -2.24. The van der Waals surface area contributed by atoms with E-state index in [9.17, 15) is 0 Å². The summed E-state index contributed by atoms with van der Waals surface area (Å²) in [6, 6.07) is 8.63. The van der Waals surface area contributed by atoms with Gasteiger partial charge in [-0.15, -0.1) is 0 Å². The molecule has 0 spiro atoms. The average Bonchev–Trinajstić information content (AvgIpc) is 3.30. The quantitative estimate of drug-likeness (QED) is 0.746. The van der Waals surface area contributed by atoms with Gasteiger partial charge < -0.3 is 10.3 Å². The van der Waals surface area contributed by atoms with Gasteiger partial charge >= 0.3 is 0 Å². The Kier molecular flexibility index (Phi) is 4.43. The third-order valence-corrected chi connectivity index (χ3v) is 4.70. The highest BCUT2D eigenvalue weighted by Crippen LogP contribution is 2.33. The van der Waals surface area contributed by atoms with Crippen LogP contribution in [0.25, 0.3) is 0 Å². The van der Waals surface area contributed by atoms with Crippen molar-refractivity contribution in [3.8, 4) is 0 Å². The summed E-state index contributed by atoms with van der Waals surface area (Å²) in [6.45, 7) is 3.99. The highest BCUT2D eigenvalue weighted by molar-refractivity contribution is 5.56. The van der Waals surface area contributed by atoms with Crippen LogP contribution in [0.15, 0.2) is 49.1 Å². The van der Waals surface area contributed by atoms with E-state index < -0.39 is 0 Å². The number of H-pyrrole nitrogens is 1. The van der Waals surface area contributed by atoms with Crippen LogP contribution in [0, 0.1) is 6.92 Å². The lowest BCUT2D eigenvalue weighted by Crippen LogP contribution is -2.23. The third kappa shape index (κ3) is 3.53. The number of nitrogens with zero attached hydrogens (tertiary/aromatic N) is 4. The molecule has 6 nitrogen and oxygen atoms in total. The molecular weight excluding hydrogens is 312 g/mol. The van der Waals surface area contributed by atoms with E-state index in [-0.39, 0.29) is 0 Å². The fraction of sp³-hybridized carbons (Fsp3) is 0.316. The molecule has 2 N–H and O–H groups in total. The van der Waals surface area contributed by atoms with Gasteiger partial charge in [0.05, 0.1) is 6.54 Å². The first-order valence-corrected chi connectivity index (χ1v) is 8.66. The van der Waals surface area contributed by atoms with Gasteiger partial charge in [-0.1, -0.05) is 6.07 Å². The molecular formula is C19H22N6. The number of likely N-dealkylation sites (tertiary alicyclic amines) is 1. The number of anilines is 2. The SMILES string of the molecule is Cc1cccnc1Nc1cc([C@@H]2CCCN2Cc2ncc[nH]2)ccn1. The van der Waals surface area contributed by atoms with Crippen LogP contribution in [0.5, 0.6) is 0 Å². The largest absolute Gasteiger partial charge is 0.348 e. The van der Waals surface area contributed by atoms with Gasteiger partial charge in [0, 0.05) is 30.8 Å². The Labute approximate surface area is 147 Å². The highest BCUT2D eigenvalue weighted by Gasteiger charge is 2.26. The molecule has 1 aliphatic rings. The predicted molar refractivity (Wildman–Crippen MR) is 97.5 cm³/mol. The van der Waals surface area contributed by atoms with Gasteiger partial charge in [0.1, 0.15) is 17.5 Å². The second kappa shape index (κ2) is 7.03. The zero-order valence-electron chi connectivity index (χ0n) is 14.3. The zero-order valence-corrected chi connectivity index (χ0v) is 14.3. The Morgan fingerprint density at radius 3 is 3.00 bits per heavy atom. The standard InChI is InChI=1S/C19H22N6/c1-14-4-2-7-23-19(14)24-17-12-15(6-8-20-17)16-5-3-11-25(16)13-18-21-9-10-22-18/h2,4,6-10,12,16H,3,5,11,13H2,1H3,(H,21,22)(H,20,23,24)/t16-/m0/s1. The van der Waals surface area contributed by atoms with Crippen LogP contribution in [0.3, 0.4) is 0 Å². The molecule has 0 saturated carbocycles. The molecule has 4 heterocycles. The van der Waals surface area contributed by atoms with Gasteiger partial charge in [-0.2, -0.15) is 0 Å². The number of nitrogens with one attached hydrogen (secondary N) is 2. The van der Waals surface area contributed by atoms with Gasteiger partial charge in [-0.25, -0.2) is 15.0 Å². The second-order valence-corrected chi connectivity index (χ2v) is 6.43. The van der Waals surface area contributed by atoms with Gasteiger partial charge in [-0.3, -0.25) is 4.90 Å². The van der Waals surface area contributed by atoms with Gasteiger partial charge in [0.15, 0.2) is 0 Å². The van der Waals surface area contributed by atoms with Crippen molar-refractivity contribution in [3.63, 3.8) is 0 Å². The van der Waals surface area contributed by atoms with Crippen molar-refractivity contribution in [3.05, 3.63) is 66.0 Å². The van der Waals surface area contributed by atoms with Gasteiger partial charge in [-0.05, 0) is 55.6 Å². The molecule has 1 aliphatic heterocycles. The number of hydrogen-bond donors (Lipinski definition) is 2. The molecule has 0 amide bonds. The molecule has 6 heteroatoms. The zero-order chi connectivity index (χ0) is 17.1. The molecule has 0 unspecified atom stereocenters. The lowest BCUT2D eigenvalue weighted by atomic mass is 10.1. The molecule has 1 saturated heterocycles. The number of rotatable bonds is 5. The van der Waals surface area contributed by atoms with Crippen molar-refractivity contribution in [2.45, 2.75) is 32.4 Å². The van der Waals surface area contributed by atoms with Gasteiger partial charge in [0.2, 0.25) is 0 Å². The van der Waals surface area contributed by atoms with E-state index in [4.69, 9.17) is 0 Å². The van der Waals surface area contributed by atoms with E-state index in [1.54, 1.807) is 6.20 Å². The Morgan fingerprint density at radius 1 is 1.20 bits per heavy atom. The Bertz CT molecular complexity index is 829. The van der Waals surface area contributed by atoms with Crippen LogP contribution in [-0.2, 0) is 6.54 Å². The monoisotopic (exact) mass is 334 g/mol. The smallest absolute Gasteiger partial charge is 0.134 e. The maximum absolute atomic E-state index is 4.46. The molecule has 4 rings (SSSR count). The second-order valence-electron chi connectivity index (χ2n) is 6.43. The Morgan fingerprint density at radius 2 is 2.16 bits per heavy atom. The normalized spacial score (nSPS) is 17.7. The van der Waals surface area contributed by atoms with E-state index >= 15 is 0 Å². The predicted octanol–water partition coefficient (Wildman–Crippen LogP) is 3.59. The summed E-state index contributed by atoms with van der Waals surface area (Å²) in [5, 5.41) is 3.34. The van der Waals surface area contributed by atoms with Crippen LogP contribution in [-0.4, -0.2) is 31.4 Å². The van der Waals surface area contributed by atoms with Crippen LogP contribution in [0.1, 0.15) is 35.8 Å². The summed E-state index contributed by atoms with van der Waals surface area (Å²) in [5.74, 6) is 2.71. The van der Waals surface area contributed by atoms with Crippen molar-refractivity contribution in [2.24, 2.45) is 0 Å². The number of aryl methyl sites for hydroxylation is 1. The lowest BCUT2D eigenvalue weighted by molar-refractivity contribution is 0.243. The van der Waals surface area contributed by atoms with E-state index in [1.807, 2.05) is 37.6 Å². The molecule has 25 heavy (non-hydrogen) atoms. The van der Waals surface area contributed by atoms with Crippen molar-refractivity contribution < 1.29 is 0 Å². The van der Waals surface area contributed by atoms with Crippen LogP contribution >= 0.6 is 0 Å². The van der Waals surface area contributed by atoms with Crippen molar-refractivity contribution in [2.75, 3.05) is 11.9 Å². The maximum Gasteiger partial charge on any atom is 0.134 e. The first-order valence-electron chi connectivity index (χ1n) is 8.66. The first kappa shape index (κ1) is 15.8. The summed E-state index contributed by atoms with van der Waals surface area (Å²) in [5.41, 5.74) is 2.39.